The average Bonchev–Trinajstić information content (AvgIpc) is 3.10. The van der Waals surface area contributed by atoms with E-state index in [2.05, 4.69) is 6.07 Å². The molecule has 0 radical (unpaired) electrons. The van der Waals surface area contributed by atoms with Crippen LogP contribution in [0.4, 0.5) is 8.78 Å². The van der Waals surface area contributed by atoms with Crippen molar-refractivity contribution < 1.29 is 8.78 Å². The number of benzene rings is 1. The molecule has 1 aliphatic rings. The van der Waals surface area contributed by atoms with E-state index in [9.17, 15) is 8.78 Å². The van der Waals surface area contributed by atoms with Crippen molar-refractivity contribution in [2.45, 2.75) is 37.5 Å². The second kappa shape index (κ2) is 3.55. The lowest BCUT2D eigenvalue weighted by Gasteiger charge is -2.16. The summed E-state index contributed by atoms with van der Waals surface area (Å²) in [5.41, 5.74) is 0.273. The molecule has 0 saturated heterocycles. The van der Waals surface area contributed by atoms with Gasteiger partial charge in [0.1, 0.15) is 0 Å². The van der Waals surface area contributed by atoms with E-state index in [1.54, 1.807) is 12.1 Å². The highest BCUT2D eigenvalue weighted by Gasteiger charge is 2.45. The molecule has 0 heterocycles. The molecule has 1 fully saturated rings. The van der Waals surface area contributed by atoms with E-state index in [1.165, 1.54) is 19.1 Å². The number of halogens is 2. The maximum absolute atomic E-state index is 13.5. The molecule has 2 rings (SSSR count). The summed E-state index contributed by atoms with van der Waals surface area (Å²) in [6, 6.07) is 8.52. The van der Waals surface area contributed by atoms with Gasteiger partial charge in [0.05, 0.1) is 11.5 Å². The van der Waals surface area contributed by atoms with Gasteiger partial charge in [-0.2, -0.15) is 5.26 Å². The fourth-order valence-corrected chi connectivity index (χ4v) is 1.84. The van der Waals surface area contributed by atoms with Crippen LogP contribution < -0.4 is 0 Å². The zero-order valence-corrected chi connectivity index (χ0v) is 9.13. The van der Waals surface area contributed by atoms with Gasteiger partial charge in [-0.1, -0.05) is 25.1 Å². The molecule has 0 atom stereocenters. The Morgan fingerprint density at radius 3 is 2.62 bits per heavy atom. The molecule has 1 saturated carbocycles. The first kappa shape index (κ1) is 11.1. The molecule has 1 nitrogen and oxygen atoms in total. The summed E-state index contributed by atoms with van der Waals surface area (Å²) < 4.78 is 27.0. The standard InChI is InChI=1S/C13H13F2N/c1-2-13(14,15)11-5-3-4-10(8-11)12(9-16)6-7-12/h3-5,8H,2,6-7H2,1H3. The Labute approximate surface area is 93.7 Å². The smallest absolute Gasteiger partial charge is 0.201 e. The van der Waals surface area contributed by atoms with E-state index in [-0.39, 0.29) is 12.0 Å². The molecule has 0 unspecified atom stereocenters. The summed E-state index contributed by atoms with van der Waals surface area (Å²) in [5, 5.41) is 9.02. The number of hydrogen-bond donors (Lipinski definition) is 0. The van der Waals surface area contributed by atoms with Crippen LogP contribution in [0.25, 0.3) is 0 Å². The van der Waals surface area contributed by atoms with Gasteiger partial charge >= 0.3 is 0 Å². The van der Waals surface area contributed by atoms with Crippen LogP contribution in [-0.4, -0.2) is 0 Å². The second-order valence-electron chi connectivity index (χ2n) is 4.33. The van der Waals surface area contributed by atoms with E-state index in [0.717, 1.165) is 18.4 Å². The van der Waals surface area contributed by atoms with Crippen LogP contribution in [0.2, 0.25) is 0 Å². The van der Waals surface area contributed by atoms with Gasteiger partial charge in [-0.3, -0.25) is 0 Å². The van der Waals surface area contributed by atoms with Crippen molar-refractivity contribution in [1.82, 2.24) is 0 Å². The van der Waals surface area contributed by atoms with E-state index >= 15 is 0 Å². The van der Waals surface area contributed by atoms with Crippen molar-refractivity contribution in [2.24, 2.45) is 0 Å². The molecule has 0 aliphatic heterocycles. The third-order valence-corrected chi connectivity index (χ3v) is 3.25. The van der Waals surface area contributed by atoms with E-state index in [4.69, 9.17) is 5.26 Å². The van der Waals surface area contributed by atoms with Gasteiger partial charge < -0.3 is 0 Å². The maximum Gasteiger partial charge on any atom is 0.273 e. The number of hydrogen-bond acceptors (Lipinski definition) is 1. The first-order chi connectivity index (χ1) is 7.54. The molecule has 16 heavy (non-hydrogen) atoms. The molecule has 0 spiro atoms. The van der Waals surface area contributed by atoms with Gasteiger partial charge in [0.25, 0.3) is 5.92 Å². The lowest BCUT2D eigenvalue weighted by Crippen LogP contribution is -2.13. The van der Waals surface area contributed by atoms with E-state index in [1.807, 2.05) is 0 Å². The molecule has 3 heteroatoms. The number of nitrogens with zero attached hydrogens (tertiary/aromatic N) is 1. The van der Waals surface area contributed by atoms with Gasteiger partial charge in [0, 0.05) is 12.0 Å². The topological polar surface area (TPSA) is 23.8 Å². The van der Waals surface area contributed by atoms with Crippen molar-refractivity contribution in [3.63, 3.8) is 0 Å². The predicted octanol–water partition coefficient (Wildman–Crippen LogP) is 3.74. The minimum atomic E-state index is -2.79. The first-order valence-electron chi connectivity index (χ1n) is 5.44. The van der Waals surface area contributed by atoms with Crippen LogP contribution in [0.5, 0.6) is 0 Å². The number of rotatable bonds is 3. The van der Waals surface area contributed by atoms with Crippen LogP contribution in [-0.2, 0) is 11.3 Å². The van der Waals surface area contributed by atoms with Crippen LogP contribution in [0.1, 0.15) is 37.3 Å². The Hall–Kier alpha value is -1.43. The quantitative estimate of drug-likeness (QED) is 0.762. The van der Waals surface area contributed by atoms with Gasteiger partial charge in [-0.25, -0.2) is 8.78 Å². The Balaban J connectivity index is 2.39. The number of nitriles is 1. The van der Waals surface area contributed by atoms with Crippen LogP contribution in [0.15, 0.2) is 24.3 Å². The summed E-state index contributed by atoms with van der Waals surface area (Å²) >= 11 is 0. The highest BCUT2D eigenvalue weighted by Crippen LogP contribution is 2.48. The third kappa shape index (κ3) is 1.69. The maximum atomic E-state index is 13.5. The zero-order chi connectivity index (χ0) is 11.8. The van der Waals surface area contributed by atoms with E-state index < -0.39 is 11.3 Å². The summed E-state index contributed by atoms with van der Waals surface area (Å²) in [4.78, 5) is 0. The average molecular weight is 221 g/mol. The van der Waals surface area contributed by atoms with Crippen molar-refractivity contribution in [3.8, 4) is 6.07 Å². The van der Waals surface area contributed by atoms with Crippen molar-refractivity contribution >= 4 is 0 Å². The summed E-state index contributed by atoms with van der Waals surface area (Å²) in [5.74, 6) is -2.79. The monoisotopic (exact) mass is 221 g/mol. The van der Waals surface area contributed by atoms with Crippen molar-refractivity contribution in [1.29, 1.82) is 5.26 Å². The summed E-state index contributed by atoms with van der Waals surface area (Å²) in [6.07, 6.45) is 1.35. The molecule has 84 valence electrons. The molecule has 0 N–H and O–H groups in total. The summed E-state index contributed by atoms with van der Waals surface area (Å²) in [6.45, 7) is 1.46. The molecule has 0 amide bonds. The van der Waals surface area contributed by atoms with Crippen LogP contribution in [0, 0.1) is 11.3 Å². The minimum Gasteiger partial charge on any atom is -0.201 e. The van der Waals surface area contributed by atoms with Gasteiger partial charge in [-0.15, -0.1) is 0 Å². The van der Waals surface area contributed by atoms with Gasteiger partial charge in [0.15, 0.2) is 0 Å². The largest absolute Gasteiger partial charge is 0.273 e. The second-order valence-corrected chi connectivity index (χ2v) is 4.33. The van der Waals surface area contributed by atoms with Crippen molar-refractivity contribution in [3.05, 3.63) is 35.4 Å². The molecular weight excluding hydrogens is 208 g/mol. The fraction of sp³-hybridized carbons (Fsp3) is 0.462. The fourth-order valence-electron chi connectivity index (χ4n) is 1.84. The Kier molecular flexibility index (Phi) is 2.46. The van der Waals surface area contributed by atoms with Crippen LogP contribution >= 0.6 is 0 Å². The molecular formula is C13H13F2N. The highest BCUT2D eigenvalue weighted by atomic mass is 19.3. The van der Waals surface area contributed by atoms with Crippen molar-refractivity contribution in [2.75, 3.05) is 0 Å². The van der Waals surface area contributed by atoms with Crippen LogP contribution in [0.3, 0.4) is 0 Å². The zero-order valence-electron chi connectivity index (χ0n) is 9.13. The highest BCUT2D eigenvalue weighted by molar-refractivity contribution is 5.41. The Morgan fingerprint density at radius 2 is 2.12 bits per heavy atom. The molecule has 0 aromatic heterocycles. The van der Waals surface area contributed by atoms with Gasteiger partial charge in [-0.05, 0) is 24.5 Å². The number of alkyl halides is 2. The first-order valence-corrected chi connectivity index (χ1v) is 5.44. The lowest BCUT2D eigenvalue weighted by atomic mass is 9.94. The Bertz CT molecular complexity index is 441. The normalized spacial score (nSPS) is 17.9. The predicted molar refractivity (Wildman–Crippen MR) is 57.2 cm³/mol. The molecule has 1 aromatic carbocycles. The lowest BCUT2D eigenvalue weighted by molar-refractivity contribution is -0.00836. The molecule has 0 bridgehead atoms. The third-order valence-electron chi connectivity index (χ3n) is 3.25. The molecule has 1 aliphatic carbocycles. The summed E-state index contributed by atoms with van der Waals surface area (Å²) in [7, 11) is 0. The SMILES string of the molecule is CCC(F)(F)c1cccc(C2(C#N)CC2)c1. The van der Waals surface area contributed by atoms with Gasteiger partial charge in [0.2, 0.25) is 0 Å². The van der Waals surface area contributed by atoms with E-state index in [0.29, 0.717) is 0 Å². The minimum absolute atomic E-state index is 0.0222. The Morgan fingerprint density at radius 1 is 1.44 bits per heavy atom. The molecule has 1 aromatic rings.